The van der Waals surface area contributed by atoms with Crippen LogP contribution in [0.25, 0.3) is 0 Å². The summed E-state index contributed by atoms with van der Waals surface area (Å²) < 4.78 is 0. The van der Waals surface area contributed by atoms with Crippen molar-refractivity contribution in [1.29, 1.82) is 0 Å². The van der Waals surface area contributed by atoms with E-state index >= 15 is 0 Å². The maximum Gasteiger partial charge on any atom is 0.261 e. The fourth-order valence-corrected chi connectivity index (χ4v) is 3.03. The Morgan fingerprint density at radius 1 is 1.16 bits per heavy atom. The Balaban J connectivity index is 0.00000312. The van der Waals surface area contributed by atoms with Crippen molar-refractivity contribution in [2.45, 2.75) is 19.4 Å². The molecule has 1 heterocycles. The third-order valence-corrected chi connectivity index (χ3v) is 4.56. The molecule has 0 spiro atoms. The SMILES string of the molecule is CC(NC(=O)c1cccs1)C(=O)N(CCN)CCc1ccccc1.Cl. The van der Waals surface area contributed by atoms with Crippen LogP contribution < -0.4 is 11.1 Å². The van der Waals surface area contributed by atoms with Crippen molar-refractivity contribution >= 4 is 35.6 Å². The smallest absolute Gasteiger partial charge is 0.261 e. The van der Waals surface area contributed by atoms with Crippen molar-refractivity contribution in [2.24, 2.45) is 5.73 Å². The summed E-state index contributed by atoms with van der Waals surface area (Å²) in [6.45, 7) is 3.16. The molecular formula is C18H24ClN3O2S. The number of amides is 2. The van der Waals surface area contributed by atoms with E-state index in [2.05, 4.69) is 5.32 Å². The van der Waals surface area contributed by atoms with Crippen LogP contribution in [0.3, 0.4) is 0 Å². The number of nitrogens with one attached hydrogen (secondary N) is 1. The standard InChI is InChI=1S/C18H23N3O2S.ClH/c1-14(20-17(22)16-8-5-13-24-16)18(23)21(12-10-19)11-9-15-6-3-2-4-7-15;/h2-8,13-14H,9-12,19H2,1H3,(H,20,22);1H. The Hall–Kier alpha value is -1.89. The van der Waals surface area contributed by atoms with Gasteiger partial charge in [0.2, 0.25) is 5.91 Å². The molecule has 0 radical (unpaired) electrons. The van der Waals surface area contributed by atoms with E-state index in [-0.39, 0.29) is 24.2 Å². The van der Waals surface area contributed by atoms with Crippen molar-refractivity contribution in [1.82, 2.24) is 10.2 Å². The Kier molecular flexibility index (Phi) is 9.20. The van der Waals surface area contributed by atoms with Crippen LogP contribution in [0.2, 0.25) is 0 Å². The van der Waals surface area contributed by atoms with Gasteiger partial charge in [-0.2, -0.15) is 0 Å². The van der Waals surface area contributed by atoms with Gasteiger partial charge in [-0.3, -0.25) is 9.59 Å². The molecule has 1 unspecified atom stereocenters. The van der Waals surface area contributed by atoms with Crippen molar-refractivity contribution < 1.29 is 9.59 Å². The molecular weight excluding hydrogens is 358 g/mol. The van der Waals surface area contributed by atoms with Crippen LogP contribution in [0.5, 0.6) is 0 Å². The van der Waals surface area contributed by atoms with Gasteiger partial charge in [0.1, 0.15) is 6.04 Å². The Morgan fingerprint density at radius 3 is 2.48 bits per heavy atom. The van der Waals surface area contributed by atoms with Gasteiger partial charge < -0.3 is 16.0 Å². The summed E-state index contributed by atoms with van der Waals surface area (Å²) in [4.78, 5) is 27.0. The molecule has 0 saturated carbocycles. The van der Waals surface area contributed by atoms with Crippen molar-refractivity contribution in [3.8, 4) is 0 Å². The maximum atomic E-state index is 12.6. The zero-order valence-corrected chi connectivity index (χ0v) is 15.8. The normalized spacial score (nSPS) is 11.3. The van der Waals surface area contributed by atoms with Crippen LogP contribution in [0.1, 0.15) is 22.2 Å². The lowest BCUT2D eigenvalue weighted by Gasteiger charge is -2.25. The van der Waals surface area contributed by atoms with Gasteiger partial charge in [-0.15, -0.1) is 23.7 Å². The van der Waals surface area contributed by atoms with E-state index in [0.717, 1.165) is 6.42 Å². The molecule has 2 amide bonds. The fourth-order valence-electron chi connectivity index (χ4n) is 2.41. The second-order valence-electron chi connectivity index (χ2n) is 5.52. The fraction of sp³-hybridized carbons (Fsp3) is 0.333. The summed E-state index contributed by atoms with van der Waals surface area (Å²) in [5.74, 6) is -0.331. The van der Waals surface area contributed by atoms with Gasteiger partial charge in [0.05, 0.1) is 4.88 Å². The molecule has 0 bridgehead atoms. The molecule has 1 atom stereocenters. The predicted molar refractivity (Wildman–Crippen MR) is 104 cm³/mol. The van der Waals surface area contributed by atoms with E-state index < -0.39 is 6.04 Å². The molecule has 3 N–H and O–H groups in total. The van der Waals surface area contributed by atoms with E-state index in [4.69, 9.17) is 5.73 Å². The molecule has 2 aromatic rings. The minimum atomic E-state index is -0.582. The van der Waals surface area contributed by atoms with Gasteiger partial charge in [0.25, 0.3) is 5.91 Å². The number of halogens is 1. The Bertz CT molecular complexity index is 650. The van der Waals surface area contributed by atoms with E-state index in [1.165, 1.54) is 16.9 Å². The van der Waals surface area contributed by atoms with E-state index in [9.17, 15) is 9.59 Å². The number of nitrogens with two attached hydrogens (primary N) is 1. The average Bonchev–Trinajstić information content (AvgIpc) is 3.13. The third kappa shape index (κ3) is 6.49. The molecule has 5 nitrogen and oxygen atoms in total. The van der Waals surface area contributed by atoms with E-state index in [1.807, 2.05) is 41.8 Å². The number of hydrogen-bond acceptors (Lipinski definition) is 4. The molecule has 7 heteroatoms. The number of rotatable bonds is 8. The quantitative estimate of drug-likeness (QED) is 0.736. The van der Waals surface area contributed by atoms with Crippen LogP contribution in [0, 0.1) is 0 Å². The Morgan fingerprint density at radius 2 is 1.88 bits per heavy atom. The van der Waals surface area contributed by atoms with Crippen molar-refractivity contribution in [3.05, 3.63) is 58.3 Å². The summed E-state index contributed by atoms with van der Waals surface area (Å²) in [6, 6.07) is 13.0. The molecule has 0 fully saturated rings. The van der Waals surface area contributed by atoms with Gasteiger partial charge >= 0.3 is 0 Å². The van der Waals surface area contributed by atoms with Gasteiger partial charge in [-0.1, -0.05) is 36.4 Å². The minimum Gasteiger partial charge on any atom is -0.340 e. The number of nitrogens with zero attached hydrogens (tertiary/aromatic N) is 1. The summed E-state index contributed by atoms with van der Waals surface area (Å²) in [7, 11) is 0. The van der Waals surface area contributed by atoms with E-state index in [0.29, 0.717) is 24.5 Å². The van der Waals surface area contributed by atoms with Gasteiger partial charge in [0.15, 0.2) is 0 Å². The van der Waals surface area contributed by atoms with Crippen molar-refractivity contribution in [2.75, 3.05) is 19.6 Å². The molecule has 0 saturated heterocycles. The van der Waals surface area contributed by atoms with Crippen molar-refractivity contribution in [3.63, 3.8) is 0 Å². The zero-order valence-electron chi connectivity index (χ0n) is 14.2. The first-order valence-corrected chi connectivity index (χ1v) is 8.87. The lowest BCUT2D eigenvalue weighted by molar-refractivity contribution is -0.132. The monoisotopic (exact) mass is 381 g/mol. The topological polar surface area (TPSA) is 75.4 Å². The molecule has 1 aromatic carbocycles. The van der Waals surface area contributed by atoms with Crippen LogP contribution in [0.4, 0.5) is 0 Å². The second kappa shape index (κ2) is 10.9. The summed E-state index contributed by atoms with van der Waals surface area (Å²) in [5, 5.41) is 4.59. The second-order valence-corrected chi connectivity index (χ2v) is 6.47. The first-order chi connectivity index (χ1) is 11.6. The number of benzene rings is 1. The predicted octanol–water partition coefficient (Wildman–Crippen LogP) is 2.32. The largest absolute Gasteiger partial charge is 0.340 e. The molecule has 25 heavy (non-hydrogen) atoms. The average molecular weight is 382 g/mol. The summed E-state index contributed by atoms with van der Waals surface area (Å²) in [6.07, 6.45) is 0.762. The van der Waals surface area contributed by atoms with Crippen LogP contribution in [-0.4, -0.2) is 42.4 Å². The minimum absolute atomic E-state index is 0. The number of hydrogen-bond donors (Lipinski definition) is 2. The third-order valence-electron chi connectivity index (χ3n) is 3.69. The Labute approximate surface area is 158 Å². The first-order valence-electron chi connectivity index (χ1n) is 7.99. The zero-order chi connectivity index (χ0) is 17.4. The highest BCUT2D eigenvalue weighted by atomic mass is 35.5. The van der Waals surface area contributed by atoms with Crippen LogP contribution >= 0.6 is 23.7 Å². The number of carbonyl (C=O) groups is 2. The van der Waals surface area contributed by atoms with Gasteiger partial charge in [0, 0.05) is 19.6 Å². The van der Waals surface area contributed by atoms with E-state index in [1.54, 1.807) is 17.9 Å². The van der Waals surface area contributed by atoms with Crippen LogP contribution in [0.15, 0.2) is 47.8 Å². The summed E-state index contributed by atoms with van der Waals surface area (Å²) in [5.41, 5.74) is 6.80. The molecule has 0 aliphatic heterocycles. The highest BCUT2D eigenvalue weighted by Gasteiger charge is 2.22. The molecule has 0 aliphatic carbocycles. The number of thiophene rings is 1. The molecule has 2 rings (SSSR count). The number of carbonyl (C=O) groups excluding carboxylic acids is 2. The lowest BCUT2D eigenvalue weighted by Crippen LogP contribution is -2.48. The maximum absolute atomic E-state index is 12.6. The summed E-state index contributed by atoms with van der Waals surface area (Å²) >= 11 is 1.35. The highest BCUT2D eigenvalue weighted by Crippen LogP contribution is 2.09. The first kappa shape index (κ1) is 21.2. The van der Waals surface area contributed by atoms with Gasteiger partial charge in [-0.25, -0.2) is 0 Å². The molecule has 136 valence electrons. The molecule has 0 aliphatic rings. The van der Waals surface area contributed by atoms with Crippen LogP contribution in [-0.2, 0) is 11.2 Å². The van der Waals surface area contributed by atoms with Gasteiger partial charge in [-0.05, 0) is 30.4 Å². The highest BCUT2D eigenvalue weighted by molar-refractivity contribution is 7.12. The molecule has 1 aromatic heterocycles. The lowest BCUT2D eigenvalue weighted by atomic mass is 10.1.